The van der Waals surface area contributed by atoms with E-state index in [1.54, 1.807) is 13.0 Å². The highest BCUT2D eigenvalue weighted by atomic mass is 79.9. The third kappa shape index (κ3) is 3.82. The summed E-state index contributed by atoms with van der Waals surface area (Å²) in [6, 6.07) is 5.31. The molecule has 7 heteroatoms. The topological polar surface area (TPSA) is 71.3 Å². The number of amides is 2. The van der Waals surface area contributed by atoms with Crippen LogP contribution in [0.5, 0.6) is 0 Å². The molecule has 0 saturated carbocycles. The zero-order valence-corrected chi connectivity index (χ0v) is 12.9. The summed E-state index contributed by atoms with van der Waals surface area (Å²) in [7, 11) is 0. The van der Waals surface area contributed by atoms with Crippen molar-refractivity contribution < 1.29 is 14.0 Å². The molecule has 0 fully saturated rings. The minimum Gasteiger partial charge on any atom is -0.469 e. The van der Waals surface area contributed by atoms with E-state index >= 15 is 0 Å². The Balaban J connectivity index is 1.85. The summed E-state index contributed by atoms with van der Waals surface area (Å²) < 4.78 is 6.00. The number of rotatable bonds is 3. The first kappa shape index (κ1) is 14.5. The lowest BCUT2D eigenvalue weighted by molar-refractivity contribution is -0.117. The number of carbonyl (C=O) groups is 2. The number of aryl methyl sites for hydroxylation is 1. The van der Waals surface area contributed by atoms with Crippen molar-refractivity contribution in [2.75, 3.05) is 0 Å². The van der Waals surface area contributed by atoms with Crippen molar-refractivity contribution in [1.29, 1.82) is 0 Å². The smallest absolute Gasteiger partial charge is 0.273 e. The van der Waals surface area contributed by atoms with E-state index in [9.17, 15) is 9.59 Å². The summed E-state index contributed by atoms with van der Waals surface area (Å²) in [5, 5.41) is 0. The fourth-order valence-corrected chi connectivity index (χ4v) is 2.75. The van der Waals surface area contributed by atoms with Gasteiger partial charge in [-0.05, 0) is 47.1 Å². The molecule has 0 spiro atoms. The number of hydrogen-bond acceptors (Lipinski definition) is 4. The van der Waals surface area contributed by atoms with E-state index in [1.165, 1.54) is 29.7 Å². The highest BCUT2D eigenvalue weighted by Gasteiger charge is 2.11. The lowest BCUT2D eigenvalue weighted by atomic mass is 10.2. The van der Waals surface area contributed by atoms with Crippen LogP contribution in [0.4, 0.5) is 0 Å². The fourth-order valence-electron chi connectivity index (χ4n) is 1.42. The molecule has 20 heavy (non-hydrogen) atoms. The minimum atomic E-state index is -0.420. The van der Waals surface area contributed by atoms with Crippen LogP contribution in [0, 0.1) is 6.92 Å². The molecule has 2 aromatic rings. The SMILES string of the molecule is Cc1occc1C(=O)NNC(=O)/C=C/c1ccc(Br)s1. The van der Waals surface area contributed by atoms with Crippen LogP contribution in [0.25, 0.3) is 6.08 Å². The molecule has 0 aliphatic rings. The van der Waals surface area contributed by atoms with Gasteiger partial charge < -0.3 is 4.42 Å². The quantitative estimate of drug-likeness (QED) is 0.657. The average molecular weight is 355 g/mol. The number of furan rings is 1. The maximum Gasteiger partial charge on any atom is 0.273 e. The van der Waals surface area contributed by atoms with E-state index in [0.29, 0.717) is 11.3 Å². The van der Waals surface area contributed by atoms with Crippen molar-refractivity contribution in [3.05, 3.63) is 50.5 Å². The molecule has 104 valence electrons. The van der Waals surface area contributed by atoms with Crippen LogP contribution in [-0.4, -0.2) is 11.8 Å². The van der Waals surface area contributed by atoms with Crippen LogP contribution in [0.1, 0.15) is 21.0 Å². The third-order valence-corrected chi connectivity index (χ3v) is 3.98. The van der Waals surface area contributed by atoms with E-state index in [2.05, 4.69) is 26.8 Å². The maximum atomic E-state index is 11.7. The minimum absolute atomic E-state index is 0.386. The van der Waals surface area contributed by atoms with Crippen molar-refractivity contribution in [2.45, 2.75) is 6.92 Å². The second-order valence-electron chi connectivity index (χ2n) is 3.81. The highest BCUT2D eigenvalue weighted by Crippen LogP contribution is 2.22. The predicted molar refractivity (Wildman–Crippen MR) is 80.1 cm³/mol. The normalized spacial score (nSPS) is 10.7. The number of hydrazine groups is 1. The number of halogens is 1. The van der Waals surface area contributed by atoms with Gasteiger partial charge in [0.05, 0.1) is 15.6 Å². The Bertz CT molecular complexity index is 660. The van der Waals surface area contributed by atoms with Gasteiger partial charge in [0.2, 0.25) is 0 Å². The van der Waals surface area contributed by atoms with Crippen molar-refractivity contribution >= 4 is 45.2 Å². The summed E-state index contributed by atoms with van der Waals surface area (Å²) in [5.41, 5.74) is 5.00. The van der Waals surface area contributed by atoms with Crippen LogP contribution in [0.3, 0.4) is 0 Å². The number of carbonyl (C=O) groups excluding carboxylic acids is 2. The Kier molecular flexibility index (Phi) is 4.75. The van der Waals surface area contributed by atoms with Crippen molar-refractivity contribution in [1.82, 2.24) is 10.9 Å². The van der Waals surface area contributed by atoms with Gasteiger partial charge in [-0.2, -0.15) is 0 Å². The summed E-state index contributed by atoms with van der Waals surface area (Å²) in [6.45, 7) is 1.67. The van der Waals surface area contributed by atoms with E-state index in [-0.39, 0.29) is 0 Å². The molecule has 0 bridgehead atoms. The molecule has 2 heterocycles. The molecule has 2 amide bonds. The van der Waals surface area contributed by atoms with Gasteiger partial charge in [-0.15, -0.1) is 11.3 Å². The van der Waals surface area contributed by atoms with Crippen LogP contribution in [0.2, 0.25) is 0 Å². The second-order valence-corrected chi connectivity index (χ2v) is 6.30. The standard InChI is InChI=1S/C13H11BrN2O3S/c1-8-10(6-7-19-8)13(18)16-15-12(17)5-3-9-2-4-11(14)20-9/h2-7H,1H3,(H,15,17)(H,16,18)/b5-3+. The Labute approximate surface area is 127 Å². The van der Waals surface area contributed by atoms with Gasteiger partial charge in [-0.3, -0.25) is 20.4 Å². The number of hydrogen-bond donors (Lipinski definition) is 2. The molecule has 0 unspecified atom stereocenters. The lowest BCUT2D eigenvalue weighted by Crippen LogP contribution is -2.40. The Morgan fingerprint density at radius 1 is 1.30 bits per heavy atom. The van der Waals surface area contributed by atoms with Gasteiger partial charge in [-0.25, -0.2) is 0 Å². The lowest BCUT2D eigenvalue weighted by Gasteiger charge is -2.03. The zero-order chi connectivity index (χ0) is 14.5. The van der Waals surface area contributed by atoms with Crippen molar-refractivity contribution in [2.24, 2.45) is 0 Å². The average Bonchev–Trinajstić information content (AvgIpc) is 3.02. The Hall–Kier alpha value is -1.86. The number of nitrogens with one attached hydrogen (secondary N) is 2. The Morgan fingerprint density at radius 3 is 2.70 bits per heavy atom. The molecule has 2 rings (SSSR count). The van der Waals surface area contributed by atoms with E-state index in [4.69, 9.17) is 4.42 Å². The van der Waals surface area contributed by atoms with E-state index < -0.39 is 11.8 Å². The molecule has 2 aromatic heterocycles. The molecule has 2 N–H and O–H groups in total. The third-order valence-electron chi connectivity index (χ3n) is 2.40. The molecule has 5 nitrogen and oxygen atoms in total. The maximum absolute atomic E-state index is 11.7. The van der Waals surface area contributed by atoms with Crippen molar-refractivity contribution in [3.8, 4) is 0 Å². The monoisotopic (exact) mass is 354 g/mol. The molecule has 0 atom stereocenters. The van der Waals surface area contributed by atoms with Crippen LogP contribution < -0.4 is 10.9 Å². The summed E-state index contributed by atoms with van der Waals surface area (Å²) in [4.78, 5) is 24.2. The largest absolute Gasteiger partial charge is 0.469 e. The molecule has 0 aliphatic carbocycles. The zero-order valence-electron chi connectivity index (χ0n) is 10.5. The van der Waals surface area contributed by atoms with Crippen molar-refractivity contribution in [3.63, 3.8) is 0 Å². The van der Waals surface area contributed by atoms with E-state index in [0.717, 1.165) is 8.66 Å². The molecule has 0 saturated heterocycles. The van der Waals surface area contributed by atoms with E-state index in [1.807, 2.05) is 12.1 Å². The van der Waals surface area contributed by atoms with Crippen LogP contribution in [0.15, 0.2) is 38.7 Å². The van der Waals surface area contributed by atoms with Gasteiger partial charge >= 0.3 is 0 Å². The second kappa shape index (κ2) is 6.53. The molecule has 0 aliphatic heterocycles. The first-order valence-electron chi connectivity index (χ1n) is 5.64. The van der Waals surface area contributed by atoms with Gasteiger partial charge in [-0.1, -0.05) is 0 Å². The van der Waals surface area contributed by atoms with Gasteiger partial charge in [0.25, 0.3) is 11.8 Å². The van der Waals surface area contributed by atoms with Crippen LogP contribution in [-0.2, 0) is 4.79 Å². The van der Waals surface area contributed by atoms with Gasteiger partial charge in [0.15, 0.2) is 0 Å². The van der Waals surface area contributed by atoms with Gasteiger partial charge in [0, 0.05) is 11.0 Å². The molecular weight excluding hydrogens is 344 g/mol. The first-order chi connectivity index (χ1) is 9.56. The molecular formula is C13H11BrN2O3S. The summed E-state index contributed by atoms with van der Waals surface area (Å²) in [6.07, 6.45) is 4.43. The Morgan fingerprint density at radius 2 is 2.10 bits per heavy atom. The first-order valence-corrected chi connectivity index (χ1v) is 7.25. The van der Waals surface area contributed by atoms with Gasteiger partial charge in [0.1, 0.15) is 5.76 Å². The van der Waals surface area contributed by atoms with Crippen LogP contribution >= 0.6 is 27.3 Å². The molecule has 0 radical (unpaired) electrons. The number of thiophene rings is 1. The fraction of sp³-hybridized carbons (Fsp3) is 0.0769. The highest BCUT2D eigenvalue weighted by molar-refractivity contribution is 9.11. The summed E-state index contributed by atoms with van der Waals surface area (Å²) >= 11 is 4.84. The predicted octanol–water partition coefficient (Wildman–Crippen LogP) is 2.89. The summed E-state index contributed by atoms with van der Waals surface area (Å²) in [5.74, 6) is -0.336. The molecule has 0 aromatic carbocycles.